The van der Waals surface area contributed by atoms with Crippen molar-refractivity contribution in [2.75, 3.05) is 5.32 Å². The van der Waals surface area contributed by atoms with E-state index >= 15 is 0 Å². The van der Waals surface area contributed by atoms with Crippen LogP contribution in [0.4, 0.5) is 5.69 Å². The second-order valence-electron chi connectivity index (χ2n) is 6.49. The number of nitrogens with one attached hydrogen (secondary N) is 2. The molecule has 0 saturated carbocycles. The molecule has 0 radical (unpaired) electrons. The van der Waals surface area contributed by atoms with E-state index in [-0.39, 0.29) is 12.1 Å². The van der Waals surface area contributed by atoms with E-state index in [1.807, 2.05) is 0 Å². The van der Waals surface area contributed by atoms with Crippen LogP contribution in [0.5, 0.6) is 0 Å². The predicted octanol–water partition coefficient (Wildman–Crippen LogP) is 0.141. The summed E-state index contributed by atoms with van der Waals surface area (Å²) in [6.45, 7) is 0. The first-order valence-electron chi connectivity index (χ1n) is 8.85. The molecule has 3 N–H and O–H groups in total. The summed E-state index contributed by atoms with van der Waals surface area (Å²) < 4.78 is 1.17. The number of carbonyl (C=O) groups excluding carboxylic acids is 3. The van der Waals surface area contributed by atoms with Crippen LogP contribution in [0.25, 0.3) is 0 Å². The van der Waals surface area contributed by atoms with Gasteiger partial charge in [0.1, 0.15) is 23.8 Å². The van der Waals surface area contributed by atoms with Crippen molar-refractivity contribution in [1.82, 2.24) is 14.9 Å². The predicted molar refractivity (Wildman–Crippen MR) is 100 cm³/mol. The first kappa shape index (κ1) is 19.9. The van der Waals surface area contributed by atoms with Gasteiger partial charge in [-0.25, -0.2) is 4.98 Å². The minimum Gasteiger partial charge on any atom is -0.481 e. The number of hydrogen-bond donors (Lipinski definition) is 3. The van der Waals surface area contributed by atoms with E-state index in [2.05, 4.69) is 15.6 Å². The highest BCUT2D eigenvalue weighted by Crippen LogP contribution is 2.23. The highest BCUT2D eigenvalue weighted by Gasteiger charge is 2.32. The number of benzene rings is 1. The molecule has 29 heavy (non-hydrogen) atoms. The molecule has 2 amide bonds. The van der Waals surface area contributed by atoms with Crippen LogP contribution in [0.2, 0.25) is 0 Å². The van der Waals surface area contributed by atoms with Gasteiger partial charge in [-0.1, -0.05) is 18.2 Å². The van der Waals surface area contributed by atoms with Crippen LogP contribution in [0.1, 0.15) is 35.1 Å². The molecule has 1 unspecified atom stereocenters. The lowest BCUT2D eigenvalue weighted by atomic mass is 10.1. The zero-order chi connectivity index (χ0) is 21.0. The number of carbonyl (C=O) groups is 4. The van der Waals surface area contributed by atoms with Gasteiger partial charge in [0, 0.05) is 12.0 Å². The molecule has 1 aromatic carbocycles. The van der Waals surface area contributed by atoms with Gasteiger partial charge in [-0.15, -0.1) is 0 Å². The van der Waals surface area contributed by atoms with E-state index in [1.165, 1.54) is 10.8 Å². The third-order valence-electron chi connectivity index (χ3n) is 4.50. The van der Waals surface area contributed by atoms with E-state index in [9.17, 15) is 24.0 Å². The highest BCUT2D eigenvalue weighted by atomic mass is 16.4. The zero-order valence-corrected chi connectivity index (χ0v) is 15.2. The first-order chi connectivity index (χ1) is 13.9. The number of rotatable bonds is 7. The molecule has 10 heteroatoms. The van der Waals surface area contributed by atoms with E-state index in [0.29, 0.717) is 24.1 Å². The van der Waals surface area contributed by atoms with Crippen LogP contribution in [0.15, 0.2) is 41.3 Å². The quantitative estimate of drug-likeness (QED) is 0.562. The molecule has 2 atom stereocenters. The summed E-state index contributed by atoms with van der Waals surface area (Å²) in [6.07, 6.45) is 1.64. The third kappa shape index (κ3) is 4.37. The Morgan fingerprint density at radius 2 is 2.00 bits per heavy atom. The Kier molecular flexibility index (Phi) is 5.82. The Labute approximate surface area is 164 Å². The van der Waals surface area contributed by atoms with Crippen molar-refractivity contribution in [3.8, 4) is 0 Å². The monoisotopic (exact) mass is 398 g/mol. The van der Waals surface area contributed by atoms with Gasteiger partial charge in [0.25, 0.3) is 11.5 Å². The molecule has 150 valence electrons. The van der Waals surface area contributed by atoms with Crippen molar-refractivity contribution < 1.29 is 24.3 Å². The normalized spacial score (nSPS) is 15.8. The Bertz CT molecular complexity index is 1020. The summed E-state index contributed by atoms with van der Waals surface area (Å²) in [7, 11) is 0. The molecule has 1 aliphatic heterocycles. The minimum atomic E-state index is -1.24. The smallest absolute Gasteiger partial charge is 0.305 e. The fraction of sp³-hybridized carbons (Fsp3) is 0.263. The zero-order valence-electron chi connectivity index (χ0n) is 15.2. The lowest BCUT2D eigenvalue weighted by molar-refractivity contribution is -0.139. The molecule has 1 aliphatic rings. The van der Waals surface area contributed by atoms with Gasteiger partial charge < -0.3 is 20.5 Å². The van der Waals surface area contributed by atoms with Crippen molar-refractivity contribution in [3.63, 3.8) is 0 Å². The van der Waals surface area contributed by atoms with Crippen LogP contribution in [-0.2, 0) is 20.8 Å². The van der Waals surface area contributed by atoms with Gasteiger partial charge in [0.05, 0.1) is 18.7 Å². The summed E-state index contributed by atoms with van der Waals surface area (Å²) >= 11 is 0. The van der Waals surface area contributed by atoms with Gasteiger partial charge >= 0.3 is 5.97 Å². The van der Waals surface area contributed by atoms with Crippen molar-refractivity contribution in [2.24, 2.45) is 0 Å². The number of aldehydes is 1. The van der Waals surface area contributed by atoms with E-state index in [0.717, 1.165) is 0 Å². The number of fused-ring (bicyclic) bond motifs is 1. The number of anilines is 1. The average molecular weight is 398 g/mol. The van der Waals surface area contributed by atoms with Gasteiger partial charge in [-0.3, -0.25) is 23.7 Å². The van der Waals surface area contributed by atoms with E-state index < -0.39 is 41.8 Å². The van der Waals surface area contributed by atoms with Gasteiger partial charge in [-0.2, -0.15) is 0 Å². The van der Waals surface area contributed by atoms with Crippen molar-refractivity contribution in [3.05, 3.63) is 58.3 Å². The van der Waals surface area contributed by atoms with Gasteiger partial charge in [-0.05, 0) is 18.6 Å². The Morgan fingerprint density at radius 1 is 1.28 bits per heavy atom. The summed E-state index contributed by atoms with van der Waals surface area (Å²) in [5.74, 6) is -2.02. The average Bonchev–Trinajstić information content (AvgIpc) is 3.15. The molecule has 2 aromatic rings. The number of carboxylic acid groups (broad SMARTS) is 1. The fourth-order valence-electron chi connectivity index (χ4n) is 3.12. The van der Waals surface area contributed by atoms with Crippen molar-refractivity contribution in [1.29, 1.82) is 0 Å². The van der Waals surface area contributed by atoms with Crippen LogP contribution < -0.4 is 16.2 Å². The fourth-order valence-corrected chi connectivity index (χ4v) is 3.12. The third-order valence-corrected chi connectivity index (χ3v) is 4.50. The summed E-state index contributed by atoms with van der Waals surface area (Å²) in [5, 5.41) is 13.6. The Hall–Kier alpha value is -3.82. The van der Waals surface area contributed by atoms with Gasteiger partial charge in [0.2, 0.25) is 5.91 Å². The molecular weight excluding hydrogens is 380 g/mol. The van der Waals surface area contributed by atoms with Crippen molar-refractivity contribution >= 4 is 29.8 Å². The lowest BCUT2D eigenvalue weighted by Crippen LogP contribution is -2.43. The van der Waals surface area contributed by atoms with E-state index in [4.69, 9.17) is 5.11 Å². The van der Waals surface area contributed by atoms with E-state index in [1.54, 1.807) is 30.3 Å². The standard InChI is InChI=1S/C19H18N4O6/c24-10-12(8-16(25)26)21-18(28)14-6-7-15-20-9-13(19(29)23(14)15)22-17(27)11-4-2-1-3-5-11/h1-5,9-10,12,14H,6-8H2,(H,21,28)(H,22,27)(H,25,26)/t12-,14?/m0/s1. The van der Waals surface area contributed by atoms with Crippen LogP contribution in [0.3, 0.4) is 0 Å². The summed E-state index contributed by atoms with van der Waals surface area (Å²) in [4.78, 5) is 63.6. The number of aliphatic carboxylic acids is 1. The van der Waals surface area contributed by atoms with Crippen molar-refractivity contribution in [2.45, 2.75) is 31.3 Å². The van der Waals surface area contributed by atoms with Gasteiger partial charge in [0.15, 0.2) is 0 Å². The minimum absolute atomic E-state index is 0.0835. The molecule has 0 spiro atoms. The lowest BCUT2D eigenvalue weighted by Gasteiger charge is -2.17. The van der Waals surface area contributed by atoms with Crippen LogP contribution in [-0.4, -0.2) is 44.8 Å². The number of aromatic nitrogens is 2. The molecule has 1 aromatic heterocycles. The number of nitrogens with zero attached hydrogens (tertiary/aromatic N) is 2. The molecule has 0 saturated heterocycles. The summed E-state index contributed by atoms with van der Waals surface area (Å²) in [5.41, 5.74) is -0.327. The molecule has 0 bridgehead atoms. The molecule has 0 aliphatic carbocycles. The van der Waals surface area contributed by atoms with Crippen LogP contribution in [0, 0.1) is 0 Å². The Morgan fingerprint density at radius 3 is 2.66 bits per heavy atom. The molecule has 3 rings (SSSR count). The number of hydrogen-bond acceptors (Lipinski definition) is 6. The largest absolute Gasteiger partial charge is 0.481 e. The van der Waals surface area contributed by atoms with Crippen LogP contribution >= 0.6 is 0 Å². The number of carboxylic acids is 1. The number of amides is 2. The summed E-state index contributed by atoms with van der Waals surface area (Å²) in [6, 6.07) is 6.15. The molecule has 10 nitrogen and oxygen atoms in total. The SMILES string of the molecule is O=C[C@H](CC(=O)O)NC(=O)C1CCc2ncc(NC(=O)c3ccccc3)c(=O)n21. The topological polar surface area (TPSA) is 147 Å². The molecule has 0 fully saturated rings. The second kappa shape index (κ2) is 8.46. The second-order valence-corrected chi connectivity index (χ2v) is 6.49. The number of aryl methyl sites for hydroxylation is 1. The molecule has 2 heterocycles. The maximum atomic E-state index is 12.8. The first-order valence-corrected chi connectivity index (χ1v) is 8.85. The maximum Gasteiger partial charge on any atom is 0.305 e. The molecular formula is C19H18N4O6. The maximum absolute atomic E-state index is 12.8. The Balaban J connectivity index is 1.82. The highest BCUT2D eigenvalue weighted by molar-refractivity contribution is 6.04.